The van der Waals surface area contributed by atoms with E-state index in [4.69, 9.17) is 0 Å². The molecule has 0 aromatic carbocycles. The van der Waals surface area contributed by atoms with Gasteiger partial charge in [-0.05, 0) is 32.9 Å². The Kier molecular flexibility index (Phi) is 7.58. The van der Waals surface area contributed by atoms with Crippen molar-refractivity contribution in [2.75, 3.05) is 13.6 Å². The molecular formula is C11H25N. The molecule has 0 aromatic heterocycles. The summed E-state index contributed by atoms with van der Waals surface area (Å²) in [6.45, 7) is 7.54. The maximum Gasteiger partial charge on any atom is 0.00922 e. The lowest BCUT2D eigenvalue weighted by Gasteiger charge is -2.22. The van der Waals surface area contributed by atoms with E-state index < -0.39 is 0 Å². The van der Waals surface area contributed by atoms with Crippen molar-refractivity contribution in [3.63, 3.8) is 0 Å². The molecule has 1 nitrogen and oxygen atoms in total. The van der Waals surface area contributed by atoms with Gasteiger partial charge in [-0.1, -0.05) is 33.6 Å². The van der Waals surface area contributed by atoms with E-state index in [-0.39, 0.29) is 0 Å². The van der Waals surface area contributed by atoms with Crippen LogP contribution in [0.1, 0.15) is 52.9 Å². The van der Waals surface area contributed by atoms with Crippen LogP contribution in [0.4, 0.5) is 0 Å². The number of rotatable bonds is 3. The van der Waals surface area contributed by atoms with Gasteiger partial charge in [0.15, 0.2) is 0 Å². The Morgan fingerprint density at radius 1 is 1.17 bits per heavy atom. The second kappa shape index (κ2) is 7.60. The van der Waals surface area contributed by atoms with E-state index in [9.17, 15) is 0 Å². The highest BCUT2D eigenvalue weighted by atomic mass is 15.1. The van der Waals surface area contributed by atoms with Crippen LogP contribution in [0.2, 0.25) is 0 Å². The minimum Gasteiger partial charge on any atom is -0.303 e. The van der Waals surface area contributed by atoms with Crippen LogP contribution in [-0.2, 0) is 0 Å². The predicted octanol–water partition coefficient (Wildman–Crippen LogP) is 3.30. The standard InChI is InChI=1S/C9H19N.C2H6/c1-3-8-10(2)9-6-4-5-7-9;1-2/h9H,3-8H2,1-2H3;1-2H3. The van der Waals surface area contributed by atoms with E-state index in [1.807, 2.05) is 13.8 Å². The third-order valence-electron chi connectivity index (χ3n) is 2.52. The molecule has 0 heterocycles. The van der Waals surface area contributed by atoms with Crippen molar-refractivity contribution in [3.05, 3.63) is 0 Å². The van der Waals surface area contributed by atoms with Crippen molar-refractivity contribution in [2.24, 2.45) is 0 Å². The zero-order valence-corrected chi connectivity index (χ0v) is 9.27. The predicted molar refractivity (Wildman–Crippen MR) is 56.5 cm³/mol. The third kappa shape index (κ3) is 4.10. The smallest absolute Gasteiger partial charge is 0.00922 e. The average Bonchev–Trinajstić information content (AvgIpc) is 2.60. The van der Waals surface area contributed by atoms with Gasteiger partial charge in [0, 0.05) is 6.04 Å². The topological polar surface area (TPSA) is 3.24 Å². The van der Waals surface area contributed by atoms with E-state index >= 15 is 0 Å². The van der Waals surface area contributed by atoms with E-state index in [1.54, 1.807) is 0 Å². The number of hydrogen-bond donors (Lipinski definition) is 0. The minimum atomic E-state index is 0.917. The van der Waals surface area contributed by atoms with Gasteiger partial charge in [-0.25, -0.2) is 0 Å². The van der Waals surface area contributed by atoms with Gasteiger partial charge in [0.1, 0.15) is 0 Å². The molecular weight excluding hydrogens is 146 g/mol. The lowest BCUT2D eigenvalue weighted by Crippen LogP contribution is -2.29. The SMILES string of the molecule is CC.CCCN(C)C1CCCC1. The van der Waals surface area contributed by atoms with Crippen LogP contribution in [0.5, 0.6) is 0 Å². The van der Waals surface area contributed by atoms with Crippen molar-refractivity contribution in [2.45, 2.75) is 58.9 Å². The molecule has 0 radical (unpaired) electrons. The van der Waals surface area contributed by atoms with Crippen LogP contribution in [-0.4, -0.2) is 24.5 Å². The summed E-state index contributed by atoms with van der Waals surface area (Å²) in [5.74, 6) is 0. The van der Waals surface area contributed by atoms with E-state index in [1.165, 1.54) is 38.6 Å². The molecule has 1 saturated carbocycles. The second-order valence-electron chi connectivity index (χ2n) is 3.42. The molecule has 0 unspecified atom stereocenters. The largest absolute Gasteiger partial charge is 0.303 e. The lowest BCUT2D eigenvalue weighted by molar-refractivity contribution is 0.246. The molecule has 0 atom stereocenters. The summed E-state index contributed by atoms with van der Waals surface area (Å²) >= 11 is 0. The molecule has 0 bridgehead atoms. The first-order valence-electron chi connectivity index (χ1n) is 5.55. The highest BCUT2D eigenvalue weighted by Crippen LogP contribution is 2.22. The van der Waals surface area contributed by atoms with Gasteiger partial charge >= 0.3 is 0 Å². The zero-order chi connectivity index (χ0) is 9.40. The zero-order valence-electron chi connectivity index (χ0n) is 9.27. The lowest BCUT2D eigenvalue weighted by atomic mass is 10.2. The second-order valence-corrected chi connectivity index (χ2v) is 3.42. The Morgan fingerprint density at radius 3 is 2.08 bits per heavy atom. The Labute approximate surface area is 78.1 Å². The summed E-state index contributed by atoms with van der Waals surface area (Å²) in [5, 5.41) is 0. The number of hydrogen-bond acceptors (Lipinski definition) is 1. The average molecular weight is 171 g/mol. The van der Waals surface area contributed by atoms with Crippen LogP contribution in [0, 0.1) is 0 Å². The highest BCUT2D eigenvalue weighted by Gasteiger charge is 2.17. The van der Waals surface area contributed by atoms with E-state index in [0.29, 0.717) is 0 Å². The normalized spacial score (nSPS) is 17.8. The summed E-state index contributed by atoms with van der Waals surface area (Å²) in [6, 6.07) is 0.917. The molecule has 1 fully saturated rings. The first-order valence-corrected chi connectivity index (χ1v) is 5.55. The fourth-order valence-corrected chi connectivity index (χ4v) is 1.88. The summed E-state index contributed by atoms with van der Waals surface area (Å²) in [4.78, 5) is 2.52. The number of nitrogens with zero attached hydrogens (tertiary/aromatic N) is 1. The van der Waals surface area contributed by atoms with Gasteiger partial charge < -0.3 is 4.90 Å². The molecule has 1 aliphatic carbocycles. The molecule has 74 valence electrons. The van der Waals surface area contributed by atoms with Gasteiger partial charge in [-0.15, -0.1) is 0 Å². The first kappa shape index (κ1) is 12.0. The maximum atomic E-state index is 2.52. The van der Waals surface area contributed by atoms with Crippen LogP contribution in [0.15, 0.2) is 0 Å². The molecule has 0 amide bonds. The van der Waals surface area contributed by atoms with Gasteiger partial charge in [0.05, 0.1) is 0 Å². The van der Waals surface area contributed by atoms with Gasteiger partial charge in [-0.3, -0.25) is 0 Å². The van der Waals surface area contributed by atoms with Crippen LogP contribution in [0.25, 0.3) is 0 Å². The van der Waals surface area contributed by atoms with Gasteiger partial charge in [-0.2, -0.15) is 0 Å². The molecule has 1 heteroatoms. The maximum absolute atomic E-state index is 2.52. The van der Waals surface area contributed by atoms with Gasteiger partial charge in [0.2, 0.25) is 0 Å². The van der Waals surface area contributed by atoms with Crippen molar-refractivity contribution in [1.82, 2.24) is 4.90 Å². The summed E-state index contributed by atoms with van der Waals surface area (Å²) in [6.07, 6.45) is 7.09. The molecule has 0 N–H and O–H groups in total. The Balaban J connectivity index is 0.000000561. The van der Waals surface area contributed by atoms with Crippen molar-refractivity contribution >= 4 is 0 Å². The van der Waals surface area contributed by atoms with Crippen LogP contribution >= 0.6 is 0 Å². The van der Waals surface area contributed by atoms with Crippen molar-refractivity contribution < 1.29 is 0 Å². The van der Waals surface area contributed by atoms with Crippen molar-refractivity contribution in [1.29, 1.82) is 0 Å². The van der Waals surface area contributed by atoms with Crippen molar-refractivity contribution in [3.8, 4) is 0 Å². The molecule has 1 aliphatic rings. The first-order chi connectivity index (χ1) is 5.84. The van der Waals surface area contributed by atoms with Crippen LogP contribution in [0.3, 0.4) is 0 Å². The molecule has 0 aromatic rings. The van der Waals surface area contributed by atoms with Gasteiger partial charge in [0.25, 0.3) is 0 Å². The monoisotopic (exact) mass is 171 g/mol. The fourth-order valence-electron chi connectivity index (χ4n) is 1.88. The Morgan fingerprint density at radius 2 is 1.67 bits per heavy atom. The quantitative estimate of drug-likeness (QED) is 0.630. The molecule has 0 saturated heterocycles. The Bertz CT molecular complexity index is 85.0. The molecule has 0 aliphatic heterocycles. The highest BCUT2D eigenvalue weighted by molar-refractivity contribution is 4.74. The summed E-state index contributed by atoms with van der Waals surface area (Å²) in [7, 11) is 2.26. The fraction of sp³-hybridized carbons (Fsp3) is 1.00. The summed E-state index contributed by atoms with van der Waals surface area (Å²) in [5.41, 5.74) is 0. The molecule has 1 rings (SSSR count). The van der Waals surface area contributed by atoms with Crippen LogP contribution < -0.4 is 0 Å². The minimum absolute atomic E-state index is 0.917. The third-order valence-corrected chi connectivity index (χ3v) is 2.52. The molecule has 12 heavy (non-hydrogen) atoms. The van der Waals surface area contributed by atoms with E-state index in [2.05, 4.69) is 18.9 Å². The molecule has 0 spiro atoms. The summed E-state index contributed by atoms with van der Waals surface area (Å²) < 4.78 is 0. The Hall–Kier alpha value is -0.0400. The van der Waals surface area contributed by atoms with E-state index in [0.717, 1.165) is 6.04 Å².